The number of rotatable bonds is 8. The topological polar surface area (TPSA) is 50.4 Å². The summed E-state index contributed by atoms with van der Waals surface area (Å²) in [4.78, 5) is 11.7. The minimum absolute atomic E-state index is 0.305. The molecule has 4 heteroatoms. The van der Waals surface area contributed by atoms with Gasteiger partial charge in [-0.1, -0.05) is 34.1 Å². The molecule has 4 nitrogen and oxygen atoms in total. The number of carbonyl (C=O) groups excluding carboxylic acids is 1. The van der Waals surface area contributed by atoms with Crippen LogP contribution in [-0.4, -0.2) is 30.3 Å². The van der Waals surface area contributed by atoms with Gasteiger partial charge in [0.25, 0.3) is 0 Å². The highest BCUT2D eigenvalue weighted by molar-refractivity contribution is 5.67. The van der Waals surface area contributed by atoms with Crippen LogP contribution in [0.2, 0.25) is 0 Å². The highest BCUT2D eigenvalue weighted by Crippen LogP contribution is 2.09. The third-order valence-corrected chi connectivity index (χ3v) is 3.22. The van der Waals surface area contributed by atoms with Crippen molar-refractivity contribution < 1.29 is 9.53 Å². The van der Waals surface area contributed by atoms with Gasteiger partial charge in [-0.2, -0.15) is 0 Å². The summed E-state index contributed by atoms with van der Waals surface area (Å²) in [5, 5.41) is 6.52. The highest BCUT2D eigenvalue weighted by Gasteiger charge is 2.19. The first-order valence-corrected chi connectivity index (χ1v) is 7.92. The Bertz CT molecular complexity index is 272. The Hall–Kier alpha value is -0.770. The Labute approximate surface area is 125 Å². The normalized spacial score (nSPS) is 15.0. The largest absolute Gasteiger partial charge is 0.444 e. The molecule has 0 aliphatic heterocycles. The van der Waals surface area contributed by atoms with Crippen molar-refractivity contribution in [2.45, 2.75) is 85.4 Å². The lowest BCUT2D eigenvalue weighted by atomic mass is 9.99. The van der Waals surface area contributed by atoms with Gasteiger partial charge < -0.3 is 15.4 Å². The van der Waals surface area contributed by atoms with E-state index in [0.717, 1.165) is 19.3 Å². The lowest BCUT2D eigenvalue weighted by Crippen LogP contribution is -2.47. The quantitative estimate of drug-likeness (QED) is 0.715. The lowest BCUT2D eigenvalue weighted by molar-refractivity contribution is 0.0520. The van der Waals surface area contributed by atoms with E-state index in [0.29, 0.717) is 24.5 Å². The van der Waals surface area contributed by atoms with Crippen LogP contribution in [0, 0.1) is 5.92 Å². The van der Waals surface area contributed by atoms with Crippen molar-refractivity contribution in [1.29, 1.82) is 0 Å². The molecule has 120 valence electrons. The summed E-state index contributed by atoms with van der Waals surface area (Å²) in [7, 11) is 0. The van der Waals surface area contributed by atoms with Crippen LogP contribution in [0.25, 0.3) is 0 Å². The van der Waals surface area contributed by atoms with Gasteiger partial charge in [0.2, 0.25) is 0 Å². The van der Waals surface area contributed by atoms with E-state index < -0.39 is 5.60 Å². The molecule has 0 aliphatic carbocycles. The van der Waals surface area contributed by atoms with Gasteiger partial charge in [0.1, 0.15) is 5.60 Å². The van der Waals surface area contributed by atoms with Gasteiger partial charge in [-0.25, -0.2) is 4.79 Å². The maximum atomic E-state index is 11.7. The van der Waals surface area contributed by atoms with Gasteiger partial charge in [-0.3, -0.25) is 0 Å². The molecule has 0 aromatic carbocycles. The fraction of sp³-hybridized carbons (Fsp3) is 0.938. The minimum Gasteiger partial charge on any atom is -0.444 e. The summed E-state index contributed by atoms with van der Waals surface area (Å²) in [6.45, 7) is 15.1. The van der Waals surface area contributed by atoms with E-state index in [2.05, 4.69) is 38.3 Å². The molecule has 2 unspecified atom stereocenters. The van der Waals surface area contributed by atoms with E-state index in [9.17, 15) is 4.79 Å². The third-order valence-electron chi connectivity index (χ3n) is 3.22. The molecule has 0 heterocycles. The van der Waals surface area contributed by atoms with Crippen LogP contribution in [0.1, 0.15) is 67.7 Å². The zero-order valence-corrected chi connectivity index (χ0v) is 14.4. The number of hydrogen-bond donors (Lipinski definition) is 2. The molecule has 0 radical (unpaired) electrons. The second-order valence-electron chi connectivity index (χ2n) is 6.79. The van der Waals surface area contributed by atoms with Crippen molar-refractivity contribution in [3.05, 3.63) is 0 Å². The fourth-order valence-corrected chi connectivity index (χ4v) is 2.20. The second kappa shape index (κ2) is 9.22. The van der Waals surface area contributed by atoms with Crippen LogP contribution in [0.5, 0.6) is 0 Å². The van der Waals surface area contributed by atoms with E-state index in [1.165, 1.54) is 0 Å². The monoisotopic (exact) mass is 286 g/mol. The predicted molar refractivity (Wildman–Crippen MR) is 85.0 cm³/mol. The maximum absolute atomic E-state index is 11.7. The summed E-state index contributed by atoms with van der Waals surface area (Å²) < 4.78 is 5.27. The van der Waals surface area contributed by atoms with Gasteiger partial charge in [0, 0.05) is 18.6 Å². The number of nitrogens with one attached hydrogen (secondary N) is 2. The first-order chi connectivity index (χ1) is 9.19. The van der Waals surface area contributed by atoms with Crippen LogP contribution in [0.15, 0.2) is 0 Å². The standard InChI is InChI=1S/C16H34N2O2/c1-8-10-13(18-14(9-2)12(3)4)11-17-15(19)20-16(5,6)7/h12-14,18H,8-11H2,1-7H3,(H,17,19). The fourth-order valence-electron chi connectivity index (χ4n) is 2.20. The number of alkyl carbamates (subject to hydrolysis) is 1. The summed E-state index contributed by atoms with van der Waals surface area (Å²) in [6.07, 6.45) is 2.92. The van der Waals surface area contributed by atoms with E-state index in [-0.39, 0.29) is 6.09 Å². The average molecular weight is 286 g/mol. The SMILES string of the molecule is CCCC(CNC(=O)OC(C)(C)C)NC(CC)C(C)C. The Morgan fingerprint density at radius 2 is 1.80 bits per heavy atom. The smallest absolute Gasteiger partial charge is 0.407 e. The molecule has 0 aromatic rings. The van der Waals surface area contributed by atoms with E-state index >= 15 is 0 Å². The number of hydrogen-bond acceptors (Lipinski definition) is 3. The van der Waals surface area contributed by atoms with Gasteiger partial charge in [0.15, 0.2) is 0 Å². The molecule has 0 aromatic heterocycles. The average Bonchev–Trinajstić information content (AvgIpc) is 2.30. The second-order valence-corrected chi connectivity index (χ2v) is 6.79. The zero-order chi connectivity index (χ0) is 15.8. The van der Waals surface area contributed by atoms with Gasteiger partial charge in [-0.15, -0.1) is 0 Å². The maximum Gasteiger partial charge on any atom is 0.407 e. The summed E-state index contributed by atoms with van der Waals surface area (Å²) in [5.41, 5.74) is -0.443. The summed E-state index contributed by atoms with van der Waals surface area (Å²) in [6, 6.07) is 0.798. The van der Waals surface area contributed by atoms with Crippen molar-refractivity contribution in [3.8, 4) is 0 Å². The van der Waals surface area contributed by atoms with Gasteiger partial charge >= 0.3 is 6.09 Å². The van der Waals surface area contributed by atoms with E-state index in [4.69, 9.17) is 4.74 Å². The Morgan fingerprint density at radius 1 is 1.20 bits per heavy atom. The van der Waals surface area contributed by atoms with Crippen molar-refractivity contribution in [2.75, 3.05) is 6.54 Å². The molecule has 0 fully saturated rings. The van der Waals surface area contributed by atoms with Crippen LogP contribution in [0.3, 0.4) is 0 Å². The van der Waals surface area contributed by atoms with Crippen LogP contribution in [0.4, 0.5) is 4.79 Å². The van der Waals surface area contributed by atoms with Crippen molar-refractivity contribution in [1.82, 2.24) is 10.6 Å². The molecule has 0 bridgehead atoms. The number of amides is 1. The molecule has 2 N–H and O–H groups in total. The van der Waals surface area contributed by atoms with E-state index in [1.807, 2.05) is 20.8 Å². The Kier molecular flexibility index (Phi) is 8.86. The lowest BCUT2D eigenvalue weighted by Gasteiger charge is -2.28. The summed E-state index contributed by atoms with van der Waals surface area (Å²) in [5.74, 6) is 0.598. The first-order valence-electron chi connectivity index (χ1n) is 7.92. The molecule has 0 spiro atoms. The third kappa shape index (κ3) is 9.18. The Balaban J connectivity index is 4.30. The summed E-state index contributed by atoms with van der Waals surface area (Å²) >= 11 is 0. The predicted octanol–water partition coefficient (Wildman–Crippen LogP) is 3.70. The molecular weight excluding hydrogens is 252 g/mol. The number of carbonyl (C=O) groups is 1. The van der Waals surface area contributed by atoms with Crippen molar-refractivity contribution in [2.24, 2.45) is 5.92 Å². The Morgan fingerprint density at radius 3 is 2.20 bits per heavy atom. The zero-order valence-electron chi connectivity index (χ0n) is 14.4. The van der Waals surface area contributed by atoms with Crippen molar-refractivity contribution >= 4 is 6.09 Å². The van der Waals surface area contributed by atoms with Gasteiger partial charge in [-0.05, 0) is 39.5 Å². The van der Waals surface area contributed by atoms with Crippen LogP contribution >= 0.6 is 0 Å². The number of ether oxygens (including phenoxy) is 1. The van der Waals surface area contributed by atoms with Crippen molar-refractivity contribution in [3.63, 3.8) is 0 Å². The first kappa shape index (κ1) is 19.2. The highest BCUT2D eigenvalue weighted by atomic mass is 16.6. The van der Waals surface area contributed by atoms with Crippen LogP contribution in [-0.2, 0) is 4.74 Å². The van der Waals surface area contributed by atoms with Crippen LogP contribution < -0.4 is 10.6 Å². The van der Waals surface area contributed by atoms with Gasteiger partial charge in [0.05, 0.1) is 0 Å². The van der Waals surface area contributed by atoms with E-state index in [1.54, 1.807) is 0 Å². The molecule has 0 rings (SSSR count). The molecule has 0 aliphatic rings. The molecule has 2 atom stereocenters. The molecule has 1 amide bonds. The molecule has 20 heavy (non-hydrogen) atoms. The molecule has 0 saturated heterocycles. The molecular formula is C16H34N2O2. The minimum atomic E-state index is -0.443. The molecule has 0 saturated carbocycles.